The number of imidazole rings is 1. The Hall–Kier alpha value is -3.31. The van der Waals surface area contributed by atoms with Gasteiger partial charge in [-0.1, -0.05) is 12.1 Å². The lowest BCUT2D eigenvalue weighted by Gasteiger charge is -2.23. The number of aryl methyl sites for hydroxylation is 1. The van der Waals surface area contributed by atoms with Crippen molar-refractivity contribution in [2.24, 2.45) is 0 Å². The Balaban J connectivity index is 0.000000626. The summed E-state index contributed by atoms with van der Waals surface area (Å²) < 4.78 is 4.87. The molecule has 0 radical (unpaired) electrons. The molecule has 2 heterocycles. The Kier molecular flexibility index (Phi) is 10.6. The Morgan fingerprint density at radius 1 is 1.10 bits per heavy atom. The van der Waals surface area contributed by atoms with Gasteiger partial charge in [-0.3, -0.25) is 14.5 Å². The van der Waals surface area contributed by atoms with E-state index >= 15 is 0 Å². The maximum Gasteiger partial charge on any atom is 0.290 e. The first-order chi connectivity index (χ1) is 14.0. The summed E-state index contributed by atoms with van der Waals surface area (Å²) >= 11 is 0. The first-order valence-corrected chi connectivity index (χ1v) is 8.68. The predicted molar refractivity (Wildman–Crippen MR) is 105 cm³/mol. The smallest absolute Gasteiger partial charge is 0.290 e. The van der Waals surface area contributed by atoms with E-state index in [1.165, 1.54) is 0 Å². The summed E-state index contributed by atoms with van der Waals surface area (Å²) in [6.45, 7) is 5.06. The molecule has 11 heteroatoms. The van der Waals surface area contributed by atoms with Gasteiger partial charge in [-0.2, -0.15) is 0 Å². The fraction of sp³-hybridized carbons (Fsp3) is 0.389. The van der Waals surface area contributed by atoms with Gasteiger partial charge in [-0.15, -0.1) is 0 Å². The van der Waals surface area contributed by atoms with Crippen LogP contribution < -0.4 is 0 Å². The topological polar surface area (TPSA) is 149 Å². The Bertz CT molecular complexity index is 857. The highest BCUT2D eigenvalue weighted by Crippen LogP contribution is 2.18. The molecule has 0 amide bonds. The van der Waals surface area contributed by atoms with Crippen LogP contribution in [0.4, 0.5) is 0 Å². The number of rotatable bonds is 7. The molecule has 3 rings (SSSR count). The fourth-order valence-electron chi connectivity index (χ4n) is 2.54. The van der Waals surface area contributed by atoms with Gasteiger partial charge in [-0.05, 0) is 43.0 Å². The van der Waals surface area contributed by atoms with Crippen LogP contribution in [0.25, 0.3) is 11.0 Å². The summed E-state index contributed by atoms with van der Waals surface area (Å²) in [5, 5.41) is 21.7. The quantitative estimate of drug-likeness (QED) is 0.489. The molecule has 0 aliphatic carbocycles. The van der Waals surface area contributed by atoms with E-state index in [1.54, 1.807) is 6.33 Å². The molecule has 0 saturated heterocycles. The number of hydrogen-bond acceptors (Lipinski definition) is 8. The van der Waals surface area contributed by atoms with Gasteiger partial charge in [0.2, 0.25) is 0 Å². The van der Waals surface area contributed by atoms with Crippen molar-refractivity contribution < 1.29 is 24.4 Å². The summed E-state index contributed by atoms with van der Waals surface area (Å²) in [4.78, 5) is 28.8. The van der Waals surface area contributed by atoms with E-state index in [9.17, 15) is 0 Å². The zero-order valence-electron chi connectivity index (χ0n) is 16.6. The Morgan fingerprint density at radius 3 is 2.38 bits per heavy atom. The number of H-pyrrole nitrogens is 1. The number of likely N-dealkylation sites (N-methyl/N-ethyl adjacent to an activating group) is 1. The summed E-state index contributed by atoms with van der Waals surface area (Å²) in [6, 6.07) is 5.98. The van der Waals surface area contributed by atoms with Gasteiger partial charge in [0.1, 0.15) is 11.0 Å². The minimum absolute atomic E-state index is 0.250. The molecule has 0 atom stereocenters. The maximum absolute atomic E-state index is 8.36. The summed E-state index contributed by atoms with van der Waals surface area (Å²) in [6.07, 6.45) is 1.75. The number of nitrogens with one attached hydrogen (secondary N) is 1. The van der Waals surface area contributed by atoms with Gasteiger partial charge < -0.3 is 20.1 Å². The zero-order valence-corrected chi connectivity index (χ0v) is 16.6. The first-order valence-electron chi connectivity index (χ1n) is 8.68. The number of hydrogen-bond donors (Lipinski definition) is 3. The van der Waals surface area contributed by atoms with Crippen LogP contribution in [0.2, 0.25) is 0 Å². The number of fused-ring (bicyclic) bond motifs is 1. The summed E-state index contributed by atoms with van der Waals surface area (Å²) in [7, 11) is 4.17. The van der Waals surface area contributed by atoms with Crippen molar-refractivity contribution in [3.63, 3.8) is 0 Å². The molecule has 11 nitrogen and oxygen atoms in total. The minimum Gasteiger partial charge on any atom is -0.483 e. The van der Waals surface area contributed by atoms with Crippen molar-refractivity contribution >= 4 is 24.0 Å². The number of benzene rings is 1. The lowest BCUT2D eigenvalue weighted by Crippen LogP contribution is -2.31. The number of aromatic amines is 1. The molecule has 2 aromatic heterocycles. The van der Waals surface area contributed by atoms with Crippen molar-refractivity contribution in [2.75, 3.05) is 27.2 Å². The molecule has 0 saturated carbocycles. The average Bonchev–Trinajstić information content (AvgIpc) is 3.31. The second-order valence-corrected chi connectivity index (χ2v) is 6.25. The van der Waals surface area contributed by atoms with E-state index in [2.05, 4.69) is 57.2 Å². The van der Waals surface area contributed by atoms with Crippen LogP contribution in [0.1, 0.15) is 17.0 Å². The van der Waals surface area contributed by atoms with E-state index in [4.69, 9.17) is 24.4 Å². The molecule has 0 aliphatic rings. The molecule has 158 valence electrons. The van der Waals surface area contributed by atoms with E-state index in [1.807, 2.05) is 12.1 Å². The highest BCUT2D eigenvalue weighted by molar-refractivity contribution is 5.76. The van der Waals surface area contributed by atoms with Gasteiger partial charge in [0.05, 0.1) is 12.0 Å². The number of carbonyl (C=O) groups is 2. The molecule has 0 spiro atoms. The number of carboxylic acid groups (broad SMARTS) is 2. The van der Waals surface area contributed by atoms with Gasteiger partial charge in [0, 0.05) is 31.9 Å². The van der Waals surface area contributed by atoms with Crippen LogP contribution in [-0.4, -0.2) is 80.4 Å². The van der Waals surface area contributed by atoms with Gasteiger partial charge in [-0.25, -0.2) is 9.61 Å². The third-order valence-electron chi connectivity index (χ3n) is 3.93. The molecule has 3 N–H and O–H groups in total. The fourth-order valence-corrected chi connectivity index (χ4v) is 2.54. The van der Waals surface area contributed by atoms with E-state index in [0.29, 0.717) is 0 Å². The second kappa shape index (κ2) is 13.0. The number of nitrogens with zero attached hydrogens (tertiary/aromatic N) is 5. The van der Waals surface area contributed by atoms with Crippen molar-refractivity contribution in [1.29, 1.82) is 0 Å². The Morgan fingerprint density at radius 2 is 1.79 bits per heavy atom. The van der Waals surface area contributed by atoms with Crippen LogP contribution in [0.15, 0.2) is 29.2 Å². The van der Waals surface area contributed by atoms with Crippen molar-refractivity contribution in [1.82, 2.24) is 30.1 Å². The molecule has 0 unspecified atom stereocenters. The van der Waals surface area contributed by atoms with Crippen LogP contribution >= 0.6 is 0 Å². The van der Waals surface area contributed by atoms with Crippen molar-refractivity contribution in [2.45, 2.75) is 20.0 Å². The first kappa shape index (κ1) is 23.7. The molecule has 29 heavy (non-hydrogen) atoms. The van der Waals surface area contributed by atoms with E-state index < -0.39 is 0 Å². The van der Waals surface area contributed by atoms with E-state index in [-0.39, 0.29) is 12.9 Å². The molecule has 0 bridgehead atoms. The average molecular weight is 406 g/mol. The Labute approximate surface area is 167 Å². The van der Waals surface area contributed by atoms with Gasteiger partial charge >= 0.3 is 0 Å². The largest absolute Gasteiger partial charge is 0.483 e. The molecular formula is C18H26N6O5. The van der Waals surface area contributed by atoms with E-state index in [0.717, 1.165) is 54.2 Å². The van der Waals surface area contributed by atoms with Crippen LogP contribution in [0.5, 0.6) is 0 Å². The monoisotopic (exact) mass is 406 g/mol. The standard InChI is InChI=1S/C16H22N6O.2CH2O2/c1-12-15(18-11-17-12)10-22(8-7-21(2)3)9-13-5-4-6-14-16(13)20-23-19-14;2*2-1-3/h4-6,11H,7-10H2,1-3H3,(H,17,18);2*1H,(H,2,3). The lowest BCUT2D eigenvalue weighted by molar-refractivity contribution is -0.123. The minimum atomic E-state index is -0.250. The molecule has 1 aromatic carbocycles. The highest BCUT2D eigenvalue weighted by atomic mass is 16.6. The van der Waals surface area contributed by atoms with Crippen molar-refractivity contribution in [3.8, 4) is 0 Å². The highest BCUT2D eigenvalue weighted by Gasteiger charge is 2.14. The predicted octanol–water partition coefficient (Wildman–Crippen LogP) is 1.22. The zero-order chi connectivity index (χ0) is 21.6. The number of aromatic nitrogens is 4. The molecular weight excluding hydrogens is 380 g/mol. The SMILES string of the molecule is Cc1[nH]cnc1CN(CCN(C)C)Cc1cccc2nonc12.O=CO.O=CO. The van der Waals surface area contributed by atoms with Gasteiger partial charge in [0.25, 0.3) is 12.9 Å². The molecule has 3 aromatic rings. The third kappa shape index (κ3) is 8.07. The van der Waals surface area contributed by atoms with Crippen molar-refractivity contribution in [3.05, 3.63) is 41.5 Å². The lowest BCUT2D eigenvalue weighted by atomic mass is 10.1. The van der Waals surface area contributed by atoms with Crippen LogP contribution in [0, 0.1) is 6.92 Å². The maximum atomic E-state index is 8.36. The third-order valence-corrected chi connectivity index (χ3v) is 3.93. The van der Waals surface area contributed by atoms with Crippen LogP contribution in [-0.2, 0) is 22.7 Å². The van der Waals surface area contributed by atoms with Gasteiger partial charge in [0.15, 0.2) is 0 Å². The molecule has 0 fully saturated rings. The van der Waals surface area contributed by atoms with Crippen LogP contribution in [0.3, 0.4) is 0 Å². The summed E-state index contributed by atoms with van der Waals surface area (Å²) in [5.74, 6) is 0. The molecule has 0 aliphatic heterocycles. The second-order valence-electron chi connectivity index (χ2n) is 6.25. The normalized spacial score (nSPS) is 10.2. The summed E-state index contributed by atoms with van der Waals surface area (Å²) in [5.41, 5.74) is 4.94.